The van der Waals surface area contributed by atoms with E-state index in [1.807, 2.05) is 0 Å². The minimum Gasteiger partial charge on any atom is -0.472 e. The summed E-state index contributed by atoms with van der Waals surface area (Å²) in [5.41, 5.74) is -0.849. The fraction of sp³-hybridized carbons (Fsp3) is 0.605. The predicted molar refractivity (Wildman–Crippen MR) is 198 cm³/mol. The van der Waals surface area contributed by atoms with E-state index in [1.165, 1.54) is 29.7 Å². The van der Waals surface area contributed by atoms with E-state index in [4.69, 9.17) is 17.7 Å². The van der Waals surface area contributed by atoms with Gasteiger partial charge in [0.2, 0.25) is 29.4 Å². The van der Waals surface area contributed by atoms with Crippen molar-refractivity contribution in [1.29, 1.82) is 0 Å². The fourth-order valence-electron chi connectivity index (χ4n) is 6.85. The SMILES string of the molecule is [2H][C@@](CCC)(NC(=O)[C@@H]1C[C@@H](Oc2ccc(Cl)cn2)CN1C(=O)[C@@H](NC(=O)[C@@H](NC(=O)c1cnccn1)C1CCCCC1)C(C)(C)C)C(=O)C(=O)NC1CC1. The topological polar surface area (TPSA) is 202 Å². The molecule has 5 rings (SSSR count). The summed E-state index contributed by atoms with van der Waals surface area (Å²) < 4.78 is 15.1. The third kappa shape index (κ3) is 10.7. The lowest BCUT2D eigenvalue weighted by atomic mass is 9.82. The molecule has 3 heterocycles. The van der Waals surface area contributed by atoms with E-state index in [0.717, 1.165) is 32.1 Å². The number of hydrogen-bond donors (Lipinski definition) is 4. The van der Waals surface area contributed by atoms with Gasteiger partial charge in [0.1, 0.15) is 29.9 Å². The highest BCUT2D eigenvalue weighted by atomic mass is 35.5. The number of halogens is 1. The third-order valence-corrected chi connectivity index (χ3v) is 10.1. The van der Waals surface area contributed by atoms with Gasteiger partial charge in [-0.3, -0.25) is 33.8 Å². The summed E-state index contributed by atoms with van der Waals surface area (Å²) in [6, 6.07) is -2.72. The molecule has 1 aliphatic heterocycles. The number of carbonyl (C=O) groups is 6. The molecule has 2 saturated carbocycles. The molecule has 2 aromatic heterocycles. The summed E-state index contributed by atoms with van der Waals surface area (Å²) in [4.78, 5) is 96.0. The second kappa shape index (κ2) is 18.1. The van der Waals surface area contributed by atoms with Gasteiger partial charge in [-0.15, -0.1) is 0 Å². The Bertz CT molecular complexity index is 1720. The first-order valence-corrected chi connectivity index (χ1v) is 19.1. The third-order valence-electron chi connectivity index (χ3n) is 9.89. The zero-order valence-electron chi connectivity index (χ0n) is 32.2. The molecule has 5 atom stereocenters. The van der Waals surface area contributed by atoms with Crippen molar-refractivity contribution < 1.29 is 34.9 Å². The Kier molecular flexibility index (Phi) is 13.1. The van der Waals surface area contributed by atoms with Crippen LogP contribution in [0.2, 0.25) is 5.02 Å². The number of likely N-dealkylation sites (tertiary alicyclic amines) is 1. The Balaban J connectivity index is 1.41. The summed E-state index contributed by atoms with van der Waals surface area (Å²) in [5, 5.41) is 11.2. The second-order valence-corrected chi connectivity index (χ2v) is 15.8. The van der Waals surface area contributed by atoms with E-state index in [1.54, 1.807) is 39.8 Å². The lowest BCUT2D eigenvalue weighted by Gasteiger charge is -2.37. The number of aromatic nitrogens is 3. The van der Waals surface area contributed by atoms with E-state index in [9.17, 15) is 28.8 Å². The van der Waals surface area contributed by atoms with Gasteiger partial charge in [0.15, 0.2) is 0 Å². The Morgan fingerprint density at radius 3 is 2.33 bits per heavy atom. The van der Waals surface area contributed by atoms with Crippen molar-refractivity contribution >= 4 is 46.9 Å². The summed E-state index contributed by atoms with van der Waals surface area (Å²) in [6.07, 6.45) is 10.5. The lowest BCUT2D eigenvalue weighted by Crippen LogP contribution is -2.62. The molecular formula is C38H51ClN8O7. The van der Waals surface area contributed by atoms with Gasteiger partial charge in [-0.2, -0.15) is 0 Å². The van der Waals surface area contributed by atoms with Crippen LogP contribution in [0.5, 0.6) is 5.88 Å². The smallest absolute Gasteiger partial charge is 0.289 e. The molecule has 5 amide bonds. The largest absolute Gasteiger partial charge is 0.472 e. The van der Waals surface area contributed by atoms with Crippen molar-refractivity contribution in [2.75, 3.05) is 6.54 Å². The maximum atomic E-state index is 14.7. The summed E-state index contributed by atoms with van der Waals surface area (Å²) in [6.45, 7) is 6.94. The Hall–Kier alpha value is -4.66. The molecule has 0 aromatic carbocycles. The molecular weight excluding hydrogens is 716 g/mol. The number of ether oxygens (including phenoxy) is 1. The van der Waals surface area contributed by atoms with Crippen LogP contribution in [0.15, 0.2) is 36.9 Å². The van der Waals surface area contributed by atoms with Crippen molar-refractivity contribution in [3.63, 3.8) is 0 Å². The van der Waals surface area contributed by atoms with Gasteiger partial charge in [0.25, 0.3) is 11.8 Å². The van der Waals surface area contributed by atoms with E-state index in [-0.39, 0.29) is 42.9 Å². The maximum Gasteiger partial charge on any atom is 0.289 e. The minimum atomic E-state index is -2.29. The summed E-state index contributed by atoms with van der Waals surface area (Å²) >= 11 is 6.01. The van der Waals surface area contributed by atoms with Gasteiger partial charge in [-0.1, -0.05) is 65.0 Å². The first-order valence-electron chi connectivity index (χ1n) is 19.2. The standard InChI is InChI=1S/C38H51ClN8O7/c1-5-9-26(31(48)36(52)43-24-13-14-24)44-34(50)28-18-25(54-29-15-12-23(39)19-42-29)21-47(28)37(53)32(38(2,3)4)46-35(51)30(22-10-7-6-8-11-22)45-33(49)27-20-40-16-17-41-27/h12,15-17,19-20,22,24-26,28,30,32H,5-11,13-14,18,21H2,1-4H3,(H,43,52)(H,44,50)(H,45,49)(H,46,51)/t25-,26+,28+,30+,32-/m1/s1/i26D. The summed E-state index contributed by atoms with van der Waals surface area (Å²) in [5.74, 6) is -4.61. The van der Waals surface area contributed by atoms with Crippen molar-refractivity contribution in [2.45, 2.75) is 128 Å². The molecule has 0 radical (unpaired) electrons. The molecule has 1 saturated heterocycles. The molecule has 16 heteroatoms. The van der Waals surface area contributed by atoms with Crippen LogP contribution < -0.4 is 26.0 Å². The summed E-state index contributed by atoms with van der Waals surface area (Å²) in [7, 11) is 0. The maximum absolute atomic E-state index is 14.7. The van der Waals surface area contributed by atoms with E-state index < -0.39 is 71.0 Å². The van der Waals surface area contributed by atoms with Crippen molar-refractivity contribution in [1.82, 2.24) is 41.1 Å². The number of Topliss-reactive ketones (excluding diaryl/α,β-unsaturated/α-hetero) is 1. The number of pyridine rings is 1. The number of ketones is 1. The normalized spacial score (nSPS) is 21.4. The molecule has 2 aromatic rings. The van der Waals surface area contributed by atoms with Crippen LogP contribution in [0.1, 0.15) is 104 Å². The predicted octanol–water partition coefficient (Wildman–Crippen LogP) is 2.92. The first kappa shape index (κ1) is 39.0. The van der Waals surface area contributed by atoms with Crippen LogP contribution in [0.25, 0.3) is 0 Å². The molecule has 54 heavy (non-hydrogen) atoms. The van der Waals surface area contributed by atoms with Gasteiger partial charge >= 0.3 is 0 Å². The van der Waals surface area contributed by atoms with Crippen LogP contribution in [-0.4, -0.2) is 98.0 Å². The monoisotopic (exact) mass is 767 g/mol. The van der Waals surface area contributed by atoms with Crippen LogP contribution in [0.3, 0.4) is 0 Å². The quantitative estimate of drug-likeness (QED) is 0.195. The molecule has 0 unspecified atom stereocenters. The first-order chi connectivity index (χ1) is 26.1. The second-order valence-electron chi connectivity index (χ2n) is 15.3. The molecule has 15 nitrogen and oxygen atoms in total. The average Bonchev–Trinajstić information content (AvgIpc) is 3.88. The van der Waals surface area contributed by atoms with E-state index >= 15 is 0 Å². The van der Waals surface area contributed by atoms with Crippen LogP contribution in [0.4, 0.5) is 0 Å². The molecule has 0 spiro atoms. The van der Waals surface area contributed by atoms with Crippen LogP contribution in [0, 0.1) is 11.3 Å². The van der Waals surface area contributed by atoms with Gasteiger partial charge in [-0.25, -0.2) is 9.97 Å². The lowest BCUT2D eigenvalue weighted by molar-refractivity contribution is -0.145. The number of nitrogens with one attached hydrogen (secondary N) is 4. The van der Waals surface area contributed by atoms with Crippen molar-refractivity contribution in [2.24, 2.45) is 11.3 Å². The number of rotatable bonds is 15. The highest BCUT2D eigenvalue weighted by Crippen LogP contribution is 2.30. The van der Waals surface area contributed by atoms with Gasteiger partial charge in [0, 0.05) is 37.1 Å². The van der Waals surface area contributed by atoms with Gasteiger partial charge in [0.05, 0.1) is 25.2 Å². The minimum absolute atomic E-state index is 0.0451. The van der Waals surface area contributed by atoms with Crippen LogP contribution in [-0.2, 0) is 24.0 Å². The number of nitrogens with zero attached hydrogens (tertiary/aromatic N) is 4. The molecule has 3 aliphatic rings. The molecule has 0 bridgehead atoms. The van der Waals surface area contributed by atoms with Crippen LogP contribution >= 0.6 is 11.6 Å². The average molecular weight is 768 g/mol. The molecule has 4 N–H and O–H groups in total. The van der Waals surface area contributed by atoms with Gasteiger partial charge in [-0.05, 0) is 49.5 Å². The fourth-order valence-corrected chi connectivity index (χ4v) is 6.96. The van der Waals surface area contributed by atoms with E-state index in [2.05, 4.69) is 36.2 Å². The highest BCUT2D eigenvalue weighted by Gasteiger charge is 2.47. The van der Waals surface area contributed by atoms with Gasteiger partial charge < -0.3 is 30.9 Å². The number of carbonyl (C=O) groups excluding carboxylic acids is 6. The zero-order chi connectivity index (χ0) is 39.9. The van der Waals surface area contributed by atoms with E-state index in [0.29, 0.717) is 24.3 Å². The Labute approximate surface area is 321 Å². The Morgan fingerprint density at radius 1 is 0.981 bits per heavy atom. The number of amides is 5. The zero-order valence-corrected chi connectivity index (χ0v) is 32.0. The molecule has 2 aliphatic carbocycles. The van der Waals surface area contributed by atoms with Crippen molar-refractivity contribution in [3.05, 3.63) is 47.6 Å². The molecule has 292 valence electrons. The molecule has 3 fully saturated rings. The van der Waals surface area contributed by atoms with Crippen molar-refractivity contribution in [3.8, 4) is 5.88 Å². The highest BCUT2D eigenvalue weighted by molar-refractivity contribution is 6.38. The Morgan fingerprint density at radius 2 is 1.72 bits per heavy atom. The number of hydrogen-bond acceptors (Lipinski definition) is 10.